The topological polar surface area (TPSA) is 229 Å². The molecule has 8 aromatic rings. The molecule has 6 heterocycles. The fourth-order valence-electron chi connectivity index (χ4n) is 11.1. The number of amides is 4. The number of para-hydroxylation sites is 1. The van der Waals surface area contributed by atoms with E-state index in [2.05, 4.69) is 41.9 Å². The molecule has 448 valence electrons. The van der Waals surface area contributed by atoms with Gasteiger partial charge >= 0.3 is 5.97 Å². The highest BCUT2D eigenvalue weighted by molar-refractivity contribution is 7.22. The number of nitrogens with zero attached hydrogens (tertiary/aromatic N) is 6. The number of hydrogen-bond donors (Lipinski definition) is 5. The number of carboxylic acids is 1. The van der Waals surface area contributed by atoms with Crippen LogP contribution in [0.3, 0.4) is 0 Å². The molecular weight excluding hydrogens is 1140 g/mol. The number of carbonyl (C=O) groups excluding carboxylic acids is 4. The molecule has 0 spiro atoms. The summed E-state index contributed by atoms with van der Waals surface area (Å²) in [6, 6.07) is 31.4. The van der Waals surface area contributed by atoms with Crippen molar-refractivity contribution in [3.8, 4) is 27.4 Å². The Kier molecular flexibility index (Phi) is 19.7. The summed E-state index contributed by atoms with van der Waals surface area (Å²) in [5, 5.41) is 31.0. The molecule has 20 heteroatoms. The lowest BCUT2D eigenvalue weighted by molar-refractivity contribution is -0.144. The van der Waals surface area contributed by atoms with E-state index in [1.165, 1.54) is 27.6 Å². The van der Waals surface area contributed by atoms with E-state index in [1.807, 2.05) is 143 Å². The van der Waals surface area contributed by atoms with Crippen molar-refractivity contribution in [3.63, 3.8) is 0 Å². The Bertz CT molecular complexity index is 3660. The van der Waals surface area contributed by atoms with E-state index in [0.29, 0.717) is 71.8 Å². The number of benzene rings is 4. The molecule has 4 atom stereocenters. The van der Waals surface area contributed by atoms with Crippen LogP contribution >= 0.6 is 34.0 Å². The van der Waals surface area contributed by atoms with Crippen LogP contribution in [0.4, 0.5) is 10.3 Å². The molecule has 4 aromatic carbocycles. The number of hydrogen-bond acceptors (Lipinski definition) is 15. The van der Waals surface area contributed by atoms with Gasteiger partial charge in [-0.05, 0) is 134 Å². The van der Waals surface area contributed by atoms with E-state index in [4.69, 9.17) is 9.72 Å². The quantitative estimate of drug-likeness (QED) is 0.0355. The van der Waals surface area contributed by atoms with Gasteiger partial charge in [0.05, 0.1) is 50.7 Å². The van der Waals surface area contributed by atoms with Gasteiger partial charge in [-0.3, -0.25) is 29.5 Å². The first kappa shape index (κ1) is 61.2. The summed E-state index contributed by atoms with van der Waals surface area (Å²) in [5.74, 6) is -1.53. The number of aromatic carboxylic acids is 1. The zero-order valence-corrected chi connectivity index (χ0v) is 51.6. The number of likely N-dealkylation sites (tertiary alicyclic amines) is 1. The number of anilines is 2. The number of aliphatic hydroxyl groups is 1. The summed E-state index contributed by atoms with van der Waals surface area (Å²) < 4.78 is 7.09. The van der Waals surface area contributed by atoms with E-state index >= 15 is 0 Å². The van der Waals surface area contributed by atoms with E-state index < -0.39 is 29.6 Å². The minimum atomic E-state index is -1.07. The number of carbonyl (C=O) groups is 5. The van der Waals surface area contributed by atoms with Gasteiger partial charge in [-0.15, -0.1) is 22.7 Å². The van der Waals surface area contributed by atoms with Crippen molar-refractivity contribution in [3.05, 3.63) is 159 Å². The zero-order valence-electron chi connectivity index (χ0n) is 49.1. The smallest absolute Gasteiger partial charge is 0.355 e. The molecule has 2 aliphatic heterocycles. The number of nitrogens with one attached hydrogen (secondary N) is 3. The molecule has 10 rings (SSSR count). The molecule has 4 amide bonds. The molecule has 4 aromatic heterocycles. The van der Waals surface area contributed by atoms with Gasteiger partial charge in [0, 0.05) is 54.7 Å². The second-order valence-corrected chi connectivity index (χ2v) is 26.3. The van der Waals surface area contributed by atoms with Crippen LogP contribution in [0.2, 0.25) is 0 Å². The van der Waals surface area contributed by atoms with Crippen LogP contribution in [0.1, 0.15) is 139 Å². The molecule has 5 N–H and O–H groups in total. The Morgan fingerprint density at radius 2 is 1.58 bits per heavy atom. The van der Waals surface area contributed by atoms with Crippen LogP contribution in [0.5, 0.6) is 5.75 Å². The number of aromatic nitrogens is 4. The third-order valence-electron chi connectivity index (χ3n) is 15.9. The third kappa shape index (κ3) is 15.0. The highest BCUT2D eigenvalue weighted by atomic mass is 32.1. The van der Waals surface area contributed by atoms with Crippen LogP contribution < -0.4 is 25.6 Å². The number of aliphatic hydroxyl groups excluding tert-OH is 1. The van der Waals surface area contributed by atoms with Gasteiger partial charge in [-0.1, -0.05) is 106 Å². The highest BCUT2D eigenvalue weighted by Gasteiger charge is 2.45. The summed E-state index contributed by atoms with van der Waals surface area (Å²) in [6.45, 7) is 11.0. The number of pyridine rings is 1. The first-order chi connectivity index (χ1) is 41.4. The maximum Gasteiger partial charge on any atom is 0.355 e. The largest absolute Gasteiger partial charge is 0.494 e. The molecule has 0 unspecified atom stereocenters. The summed E-state index contributed by atoms with van der Waals surface area (Å²) in [7, 11) is 0. The first-order valence-corrected chi connectivity index (χ1v) is 32.0. The number of carboxylic acid groups (broad SMARTS) is 1. The fourth-order valence-corrected chi connectivity index (χ4v) is 13.9. The van der Waals surface area contributed by atoms with E-state index in [9.17, 15) is 34.2 Å². The molecular formula is C66H73N9O8S3. The number of aryl methyl sites for hydroxylation is 3. The number of β-amino-alcohol motifs (C(OH)–C–C–N with tert-alkyl or cyclic N) is 1. The first-order valence-electron chi connectivity index (χ1n) is 29.5. The normalized spacial score (nSPS) is 15.7. The molecule has 0 aliphatic carbocycles. The molecule has 1 saturated heterocycles. The minimum Gasteiger partial charge on any atom is -0.494 e. The lowest BCUT2D eigenvalue weighted by atomic mass is 9.85. The minimum absolute atomic E-state index is 0.0156. The van der Waals surface area contributed by atoms with Crippen LogP contribution in [-0.2, 0) is 40.2 Å². The second kappa shape index (κ2) is 27.6. The molecule has 0 bridgehead atoms. The van der Waals surface area contributed by atoms with Gasteiger partial charge in [0.25, 0.3) is 5.91 Å². The Labute approximate surface area is 513 Å². The van der Waals surface area contributed by atoms with Crippen LogP contribution in [0, 0.1) is 12.3 Å². The average Bonchev–Trinajstić information content (AvgIpc) is 2.67. The fraction of sp³-hybridized carbons (Fsp3) is 0.379. The number of fused-ring (bicyclic) bond motifs is 2. The lowest BCUT2D eigenvalue weighted by Crippen LogP contribution is -2.57. The monoisotopic (exact) mass is 1220 g/mol. The molecule has 86 heavy (non-hydrogen) atoms. The number of unbranched alkanes of at least 4 members (excludes halogenated alkanes) is 4. The maximum atomic E-state index is 14.2. The van der Waals surface area contributed by atoms with Gasteiger partial charge in [-0.25, -0.2) is 19.7 Å². The number of rotatable bonds is 24. The SMILES string of the molecule is Cc1ncsc1-c1ccc([C@H](C)NC(=O)[C@@H]2C[C@@H](O)CN2C(=O)[C@@H](NC(=O)CCCCCCCc2ccc(-c3ccc(OCCCc4sc(N5CCc6cccc(C(=O)Nc7nc8ccccc8s7)c6C5)nc4C(=O)O)cc3)nc2)C(C)(C)C)cc1. The van der Waals surface area contributed by atoms with E-state index in [1.54, 1.807) is 11.3 Å². The van der Waals surface area contributed by atoms with E-state index in [-0.39, 0.29) is 54.8 Å². The Balaban J connectivity index is 0.621. The summed E-state index contributed by atoms with van der Waals surface area (Å²) in [5.41, 5.74) is 10.5. The standard InChI is InChI=1S/C66H73N9O8S3/c1-40(43-23-25-46(26-24-43)58-41(2)68-39-84-58)69-61(79)53-35-47(76)37-75(53)62(80)59(66(3,4)5)71-56(77)21-10-8-6-7-9-15-42-22-31-51(67-36-42)45-27-29-48(30-28-45)83-34-14-20-55-57(63(81)82)72-65(86-55)74-33-32-44-16-13-17-49(50(44)38-74)60(78)73-64-70-52-18-11-12-19-54(52)85-64/h11-13,16-19,22-31,36,39-40,47,53,59,76H,6-10,14-15,20-21,32-35,37-38H2,1-5H3,(H,69,79)(H,71,77)(H,81,82)(H,70,73,78)/t40-,47+,53-,59+/m0/s1. The molecule has 1 fully saturated rings. The molecule has 0 saturated carbocycles. The molecule has 2 aliphatic rings. The van der Waals surface area contributed by atoms with Crippen molar-refractivity contribution in [1.82, 2.24) is 35.5 Å². The van der Waals surface area contributed by atoms with Crippen molar-refractivity contribution >= 4 is 84.1 Å². The third-order valence-corrected chi connectivity index (χ3v) is 19.0. The predicted molar refractivity (Wildman–Crippen MR) is 339 cm³/mol. The number of ether oxygens (including phenoxy) is 1. The zero-order chi connectivity index (χ0) is 60.5. The van der Waals surface area contributed by atoms with Crippen molar-refractivity contribution in [2.75, 3.05) is 29.9 Å². The van der Waals surface area contributed by atoms with Crippen LogP contribution in [-0.4, -0.2) is 103 Å². The predicted octanol–water partition coefficient (Wildman–Crippen LogP) is 12.0. The Morgan fingerprint density at radius 3 is 2.31 bits per heavy atom. The van der Waals surface area contributed by atoms with Crippen molar-refractivity contribution in [1.29, 1.82) is 0 Å². The van der Waals surface area contributed by atoms with Gasteiger partial charge in [0.2, 0.25) is 17.7 Å². The molecule has 17 nitrogen and oxygen atoms in total. The van der Waals surface area contributed by atoms with Crippen LogP contribution in [0.25, 0.3) is 31.9 Å². The lowest BCUT2D eigenvalue weighted by Gasteiger charge is -2.35. The van der Waals surface area contributed by atoms with Crippen LogP contribution in [0.15, 0.2) is 115 Å². The number of thiazole rings is 3. The van der Waals surface area contributed by atoms with Gasteiger partial charge < -0.3 is 35.4 Å². The summed E-state index contributed by atoms with van der Waals surface area (Å²) in [4.78, 5) is 90.7. The summed E-state index contributed by atoms with van der Waals surface area (Å²) >= 11 is 4.39. The maximum absolute atomic E-state index is 14.2. The van der Waals surface area contributed by atoms with Gasteiger partial charge in [0.1, 0.15) is 17.8 Å². The Hall–Kier alpha value is -7.91. The molecule has 0 radical (unpaired) electrons. The highest BCUT2D eigenvalue weighted by Crippen LogP contribution is 2.35. The second-order valence-electron chi connectivity index (χ2n) is 23.3. The summed E-state index contributed by atoms with van der Waals surface area (Å²) in [6.07, 6.45) is 8.64. The van der Waals surface area contributed by atoms with Crippen molar-refractivity contribution in [2.24, 2.45) is 5.41 Å². The van der Waals surface area contributed by atoms with Crippen molar-refractivity contribution < 1.29 is 38.9 Å². The van der Waals surface area contributed by atoms with Gasteiger partial charge in [-0.2, -0.15) is 0 Å². The van der Waals surface area contributed by atoms with Crippen molar-refractivity contribution in [2.45, 2.75) is 136 Å². The van der Waals surface area contributed by atoms with Gasteiger partial charge in [0.15, 0.2) is 16.0 Å². The average molecular weight is 1220 g/mol. The Morgan fingerprint density at radius 1 is 0.814 bits per heavy atom. The van der Waals surface area contributed by atoms with E-state index in [0.717, 1.165) is 92.0 Å².